The van der Waals surface area contributed by atoms with Crippen molar-refractivity contribution >= 4 is 17.9 Å². The van der Waals surface area contributed by atoms with Crippen molar-refractivity contribution in [3.8, 4) is 0 Å². The summed E-state index contributed by atoms with van der Waals surface area (Å²) < 4.78 is 0. The van der Waals surface area contributed by atoms with E-state index in [9.17, 15) is 14.4 Å². The van der Waals surface area contributed by atoms with Gasteiger partial charge in [0.15, 0.2) is 0 Å². The Balaban J connectivity index is 2.87. The quantitative estimate of drug-likeness (QED) is 0.614. The maximum Gasteiger partial charge on any atom is 0.307 e. The summed E-state index contributed by atoms with van der Waals surface area (Å²) in [4.78, 5) is 32.6. The highest BCUT2D eigenvalue weighted by Crippen LogP contribution is 2.32. The second kappa shape index (κ2) is 4.96. The van der Waals surface area contributed by atoms with Crippen molar-refractivity contribution in [3.05, 3.63) is 0 Å². The van der Waals surface area contributed by atoms with Crippen LogP contribution in [0.3, 0.4) is 0 Å². The zero-order valence-electron chi connectivity index (χ0n) is 8.63. The van der Waals surface area contributed by atoms with Crippen LogP contribution in [0.25, 0.3) is 0 Å². The average molecular weight is 230 g/mol. The first kappa shape index (κ1) is 12.5. The molecular weight excluding hydrogens is 216 g/mol. The summed E-state index contributed by atoms with van der Waals surface area (Å²) in [5, 5.41) is 26.7. The summed E-state index contributed by atoms with van der Waals surface area (Å²) in [5.74, 6) is -6.23. The predicted octanol–water partition coefficient (Wildman–Crippen LogP) is 0.663. The van der Waals surface area contributed by atoms with Gasteiger partial charge in [-0.25, -0.2) is 0 Å². The van der Waals surface area contributed by atoms with Gasteiger partial charge >= 0.3 is 17.9 Å². The Labute approximate surface area is 91.9 Å². The molecule has 0 bridgehead atoms. The Hall–Kier alpha value is -1.59. The van der Waals surface area contributed by atoms with Crippen LogP contribution in [0.15, 0.2) is 0 Å². The minimum Gasteiger partial charge on any atom is -0.481 e. The van der Waals surface area contributed by atoms with Crippen LogP contribution in [-0.2, 0) is 14.4 Å². The van der Waals surface area contributed by atoms with E-state index in [1.165, 1.54) is 0 Å². The molecule has 3 unspecified atom stereocenters. The van der Waals surface area contributed by atoms with Crippen molar-refractivity contribution in [2.75, 3.05) is 0 Å². The predicted molar refractivity (Wildman–Crippen MR) is 51.8 cm³/mol. The van der Waals surface area contributed by atoms with Crippen molar-refractivity contribution < 1.29 is 29.7 Å². The summed E-state index contributed by atoms with van der Waals surface area (Å²) in [5.41, 5.74) is 0. The largest absolute Gasteiger partial charge is 0.481 e. The van der Waals surface area contributed by atoms with E-state index in [2.05, 4.69) is 0 Å². The molecule has 0 saturated heterocycles. The molecule has 1 saturated carbocycles. The summed E-state index contributed by atoms with van der Waals surface area (Å²) in [7, 11) is 0. The van der Waals surface area contributed by atoms with E-state index >= 15 is 0 Å². The van der Waals surface area contributed by atoms with Gasteiger partial charge in [0.1, 0.15) is 0 Å². The number of carboxylic acids is 3. The number of aliphatic carboxylic acids is 3. The van der Waals surface area contributed by atoms with Gasteiger partial charge in [-0.3, -0.25) is 14.4 Å². The van der Waals surface area contributed by atoms with Crippen LogP contribution < -0.4 is 0 Å². The first-order chi connectivity index (χ1) is 7.43. The van der Waals surface area contributed by atoms with Crippen molar-refractivity contribution in [3.63, 3.8) is 0 Å². The monoisotopic (exact) mass is 230 g/mol. The maximum atomic E-state index is 10.9. The molecule has 3 N–H and O–H groups in total. The zero-order valence-corrected chi connectivity index (χ0v) is 8.63. The summed E-state index contributed by atoms with van der Waals surface area (Å²) in [6, 6.07) is 0. The number of rotatable bonds is 3. The van der Waals surface area contributed by atoms with Gasteiger partial charge in [0.05, 0.1) is 17.8 Å². The number of hydrogen-bond acceptors (Lipinski definition) is 3. The van der Waals surface area contributed by atoms with Gasteiger partial charge in [0, 0.05) is 0 Å². The van der Waals surface area contributed by atoms with Crippen molar-refractivity contribution in [1.82, 2.24) is 0 Å². The van der Waals surface area contributed by atoms with Crippen LogP contribution in [0.4, 0.5) is 0 Å². The third-order valence-corrected chi connectivity index (χ3v) is 3.08. The Morgan fingerprint density at radius 3 is 1.81 bits per heavy atom. The second-order valence-electron chi connectivity index (χ2n) is 4.09. The van der Waals surface area contributed by atoms with E-state index in [0.29, 0.717) is 12.8 Å². The Morgan fingerprint density at radius 2 is 1.38 bits per heavy atom. The molecule has 1 rings (SSSR count). The zero-order chi connectivity index (χ0) is 12.3. The van der Waals surface area contributed by atoms with E-state index in [4.69, 9.17) is 15.3 Å². The van der Waals surface area contributed by atoms with Gasteiger partial charge in [-0.1, -0.05) is 6.42 Å². The Bertz CT molecular complexity index is 310. The lowest BCUT2D eigenvalue weighted by Gasteiger charge is -2.18. The Kier molecular flexibility index (Phi) is 3.87. The molecule has 0 aromatic rings. The normalized spacial score (nSPS) is 30.4. The molecule has 1 fully saturated rings. The van der Waals surface area contributed by atoms with Crippen LogP contribution in [0.2, 0.25) is 0 Å². The van der Waals surface area contributed by atoms with E-state index in [-0.39, 0.29) is 12.8 Å². The molecule has 0 radical (unpaired) electrons. The molecule has 6 heteroatoms. The topological polar surface area (TPSA) is 112 Å². The molecule has 1 aliphatic carbocycles. The smallest absolute Gasteiger partial charge is 0.307 e. The molecule has 1 aliphatic rings. The highest BCUT2D eigenvalue weighted by Gasteiger charge is 2.39. The molecule has 0 amide bonds. The van der Waals surface area contributed by atoms with Gasteiger partial charge in [0.25, 0.3) is 0 Å². The first-order valence-electron chi connectivity index (χ1n) is 5.12. The highest BCUT2D eigenvalue weighted by molar-refractivity contribution is 5.81. The lowest BCUT2D eigenvalue weighted by atomic mass is 9.86. The van der Waals surface area contributed by atoms with E-state index in [1.54, 1.807) is 0 Å². The summed E-state index contributed by atoms with van der Waals surface area (Å²) in [6.07, 6.45) is 0.929. The van der Waals surface area contributed by atoms with Gasteiger partial charge in [-0.15, -0.1) is 0 Å². The minimum absolute atomic E-state index is 0.0956. The molecular formula is C10H14O6. The second-order valence-corrected chi connectivity index (χ2v) is 4.09. The molecule has 90 valence electrons. The molecule has 0 aliphatic heterocycles. The minimum atomic E-state index is -1.22. The number of carboxylic acid groups (broad SMARTS) is 3. The van der Waals surface area contributed by atoms with Gasteiger partial charge < -0.3 is 15.3 Å². The lowest BCUT2D eigenvalue weighted by molar-refractivity contribution is -0.155. The maximum absolute atomic E-state index is 10.9. The average Bonchev–Trinajstić information content (AvgIpc) is 2.38. The van der Waals surface area contributed by atoms with E-state index in [0.717, 1.165) is 0 Å². The SMILES string of the molecule is O=C(O)C1CCCC(C(=O)O)C(C(=O)O)C1. The fraction of sp³-hybridized carbons (Fsp3) is 0.700. The van der Waals surface area contributed by atoms with Crippen LogP contribution in [0, 0.1) is 17.8 Å². The molecule has 16 heavy (non-hydrogen) atoms. The van der Waals surface area contributed by atoms with Crippen LogP contribution in [0.5, 0.6) is 0 Å². The molecule has 0 heterocycles. The fourth-order valence-electron chi connectivity index (χ4n) is 2.17. The molecule has 0 aromatic carbocycles. The summed E-state index contributed by atoms with van der Waals surface area (Å²) >= 11 is 0. The molecule has 6 nitrogen and oxygen atoms in total. The van der Waals surface area contributed by atoms with Crippen LogP contribution >= 0.6 is 0 Å². The van der Waals surface area contributed by atoms with Crippen LogP contribution in [-0.4, -0.2) is 33.2 Å². The number of carbonyl (C=O) groups is 3. The van der Waals surface area contributed by atoms with Crippen molar-refractivity contribution in [2.45, 2.75) is 25.7 Å². The van der Waals surface area contributed by atoms with Crippen LogP contribution in [0.1, 0.15) is 25.7 Å². The van der Waals surface area contributed by atoms with Gasteiger partial charge in [0.2, 0.25) is 0 Å². The third-order valence-electron chi connectivity index (χ3n) is 3.08. The van der Waals surface area contributed by atoms with Gasteiger partial charge in [-0.2, -0.15) is 0 Å². The molecule has 3 atom stereocenters. The lowest BCUT2D eigenvalue weighted by Crippen LogP contribution is -2.31. The van der Waals surface area contributed by atoms with E-state index < -0.39 is 35.7 Å². The standard InChI is InChI=1S/C10H14O6/c11-8(12)5-2-1-3-6(9(13)14)7(4-5)10(15)16/h5-7H,1-4H2,(H,11,12)(H,13,14)(H,15,16). The summed E-state index contributed by atoms with van der Waals surface area (Å²) in [6.45, 7) is 0. The fourth-order valence-corrected chi connectivity index (χ4v) is 2.17. The van der Waals surface area contributed by atoms with Gasteiger partial charge in [-0.05, 0) is 19.3 Å². The van der Waals surface area contributed by atoms with E-state index in [1.807, 2.05) is 0 Å². The highest BCUT2D eigenvalue weighted by atomic mass is 16.4. The third kappa shape index (κ3) is 2.71. The van der Waals surface area contributed by atoms with Crippen molar-refractivity contribution in [1.29, 1.82) is 0 Å². The molecule has 0 spiro atoms. The molecule has 0 aromatic heterocycles. The van der Waals surface area contributed by atoms with Crippen molar-refractivity contribution in [2.24, 2.45) is 17.8 Å². The number of hydrogen-bond donors (Lipinski definition) is 3. The Morgan fingerprint density at radius 1 is 0.812 bits per heavy atom. The first-order valence-corrected chi connectivity index (χ1v) is 5.12.